The van der Waals surface area contributed by atoms with Crippen LogP contribution in [0.5, 0.6) is 0 Å². The van der Waals surface area contributed by atoms with Gasteiger partial charge in [0.1, 0.15) is 4.21 Å². The van der Waals surface area contributed by atoms with Crippen LogP contribution in [0.1, 0.15) is 30.2 Å². The predicted molar refractivity (Wildman–Crippen MR) is 115 cm³/mol. The molecule has 1 aliphatic rings. The van der Waals surface area contributed by atoms with E-state index in [1.54, 1.807) is 24.3 Å². The normalized spacial score (nSPS) is 17.7. The number of hydrogen-bond acceptors (Lipinski definition) is 5. The van der Waals surface area contributed by atoms with Gasteiger partial charge in [0.15, 0.2) is 0 Å². The molecule has 1 aliphatic heterocycles. The second-order valence-corrected chi connectivity index (χ2v) is 10.7. The van der Waals surface area contributed by atoms with Crippen molar-refractivity contribution in [3.63, 3.8) is 0 Å². The van der Waals surface area contributed by atoms with Crippen LogP contribution in [0.3, 0.4) is 0 Å². The third-order valence-corrected chi connectivity index (χ3v) is 8.21. The standard InChI is InChI=1S/C20H25N3O4S2/c1-13-6-8-17(21-15(3)24)11-18(13)22-20(25)16-5-4-10-23(12-16)29(26,27)19-9-7-14(2)28-19/h6-9,11,16H,4-5,10,12H2,1-3H3,(H,21,24)(H,22,25). The van der Waals surface area contributed by atoms with Crippen molar-refractivity contribution >= 4 is 44.5 Å². The van der Waals surface area contributed by atoms with Gasteiger partial charge in [0.2, 0.25) is 11.8 Å². The first kappa shape index (κ1) is 21.5. The molecule has 1 atom stereocenters. The number of piperidine rings is 1. The maximum absolute atomic E-state index is 12.9. The van der Waals surface area contributed by atoms with Gasteiger partial charge in [-0.1, -0.05) is 6.07 Å². The van der Waals surface area contributed by atoms with E-state index < -0.39 is 15.9 Å². The number of benzene rings is 1. The second-order valence-electron chi connectivity index (χ2n) is 7.27. The van der Waals surface area contributed by atoms with E-state index >= 15 is 0 Å². The zero-order valence-corrected chi connectivity index (χ0v) is 18.3. The van der Waals surface area contributed by atoms with Crippen molar-refractivity contribution < 1.29 is 18.0 Å². The summed E-state index contributed by atoms with van der Waals surface area (Å²) in [5.41, 5.74) is 2.07. The molecule has 0 aliphatic carbocycles. The molecule has 2 aromatic rings. The Morgan fingerprint density at radius 2 is 1.90 bits per heavy atom. The van der Waals surface area contributed by atoms with Gasteiger partial charge in [0.25, 0.3) is 10.0 Å². The Balaban J connectivity index is 1.73. The number of sulfonamides is 1. The molecule has 0 radical (unpaired) electrons. The number of thiophene rings is 1. The highest BCUT2D eigenvalue weighted by Crippen LogP contribution is 2.29. The van der Waals surface area contributed by atoms with E-state index in [-0.39, 0.29) is 18.4 Å². The molecule has 1 fully saturated rings. The van der Waals surface area contributed by atoms with Crippen LogP contribution in [0.15, 0.2) is 34.5 Å². The molecule has 156 valence electrons. The number of nitrogens with zero attached hydrogens (tertiary/aromatic N) is 1. The van der Waals surface area contributed by atoms with Gasteiger partial charge in [0.05, 0.1) is 5.92 Å². The molecule has 7 nitrogen and oxygen atoms in total. The van der Waals surface area contributed by atoms with Crippen molar-refractivity contribution in [2.75, 3.05) is 23.7 Å². The number of hydrogen-bond donors (Lipinski definition) is 2. The van der Waals surface area contributed by atoms with Crippen LogP contribution < -0.4 is 10.6 Å². The Labute approximate surface area is 175 Å². The zero-order valence-electron chi connectivity index (χ0n) is 16.7. The van der Waals surface area contributed by atoms with E-state index in [0.717, 1.165) is 10.4 Å². The van der Waals surface area contributed by atoms with E-state index in [0.29, 0.717) is 35.0 Å². The average molecular weight is 436 g/mol. The first-order chi connectivity index (χ1) is 13.7. The molecule has 2 heterocycles. The molecule has 0 spiro atoms. The lowest BCUT2D eigenvalue weighted by Crippen LogP contribution is -2.43. The molecule has 1 unspecified atom stereocenters. The predicted octanol–water partition coefficient (Wildman–Crippen LogP) is 3.36. The number of carbonyl (C=O) groups is 2. The van der Waals surface area contributed by atoms with Crippen LogP contribution in [0.25, 0.3) is 0 Å². The summed E-state index contributed by atoms with van der Waals surface area (Å²) in [7, 11) is -3.58. The third kappa shape index (κ3) is 5.04. The maximum atomic E-state index is 12.9. The number of nitrogens with one attached hydrogen (secondary N) is 2. The van der Waals surface area contributed by atoms with Crippen LogP contribution in [-0.2, 0) is 19.6 Å². The lowest BCUT2D eigenvalue weighted by molar-refractivity contribution is -0.121. The molecule has 1 saturated heterocycles. The van der Waals surface area contributed by atoms with E-state index in [1.807, 2.05) is 19.9 Å². The summed E-state index contributed by atoms with van der Waals surface area (Å²) in [5.74, 6) is -0.832. The lowest BCUT2D eigenvalue weighted by atomic mass is 9.98. The summed E-state index contributed by atoms with van der Waals surface area (Å²) in [6, 6.07) is 8.70. The van der Waals surface area contributed by atoms with Crippen LogP contribution in [0.2, 0.25) is 0 Å². The molecule has 9 heteroatoms. The molecule has 29 heavy (non-hydrogen) atoms. The summed E-state index contributed by atoms with van der Waals surface area (Å²) in [5, 5.41) is 5.60. The van der Waals surface area contributed by atoms with E-state index in [4.69, 9.17) is 0 Å². The molecule has 0 bridgehead atoms. The van der Waals surface area contributed by atoms with Crippen LogP contribution in [-0.4, -0.2) is 37.6 Å². The van der Waals surface area contributed by atoms with E-state index in [9.17, 15) is 18.0 Å². The van der Waals surface area contributed by atoms with Crippen LogP contribution in [0.4, 0.5) is 11.4 Å². The summed E-state index contributed by atoms with van der Waals surface area (Å²) < 4.78 is 27.5. The van der Waals surface area contributed by atoms with Crippen LogP contribution >= 0.6 is 11.3 Å². The van der Waals surface area contributed by atoms with Gasteiger partial charge in [-0.25, -0.2) is 8.42 Å². The summed E-state index contributed by atoms with van der Waals surface area (Å²) in [4.78, 5) is 25.1. The minimum atomic E-state index is -3.58. The maximum Gasteiger partial charge on any atom is 0.252 e. The summed E-state index contributed by atoms with van der Waals surface area (Å²) in [6.45, 7) is 5.73. The molecular formula is C20H25N3O4S2. The number of aryl methyl sites for hydroxylation is 2. The van der Waals surface area contributed by atoms with Crippen molar-refractivity contribution in [1.29, 1.82) is 0 Å². The molecule has 1 aromatic heterocycles. The highest BCUT2D eigenvalue weighted by molar-refractivity contribution is 7.91. The largest absolute Gasteiger partial charge is 0.326 e. The third-order valence-electron chi connectivity index (χ3n) is 4.88. The SMILES string of the molecule is CC(=O)Nc1ccc(C)c(NC(=O)C2CCCN(S(=O)(=O)c3ccc(C)s3)C2)c1. The Morgan fingerprint density at radius 1 is 1.14 bits per heavy atom. The topological polar surface area (TPSA) is 95.6 Å². The first-order valence-corrected chi connectivity index (χ1v) is 11.7. The minimum absolute atomic E-state index is 0.162. The molecule has 2 N–H and O–H groups in total. The Kier molecular flexibility index (Phi) is 6.40. The van der Waals surface area contributed by atoms with Gasteiger partial charge >= 0.3 is 0 Å². The van der Waals surface area contributed by atoms with E-state index in [2.05, 4.69) is 10.6 Å². The van der Waals surface area contributed by atoms with Gasteiger partial charge in [0, 0.05) is 36.3 Å². The van der Waals surface area contributed by atoms with Gasteiger partial charge in [-0.15, -0.1) is 11.3 Å². The smallest absolute Gasteiger partial charge is 0.252 e. The van der Waals surface area contributed by atoms with Crippen molar-refractivity contribution in [3.8, 4) is 0 Å². The van der Waals surface area contributed by atoms with E-state index in [1.165, 1.54) is 22.6 Å². The Morgan fingerprint density at radius 3 is 2.55 bits per heavy atom. The Bertz CT molecular complexity index is 1030. The molecule has 3 rings (SSSR count). The highest BCUT2D eigenvalue weighted by Gasteiger charge is 2.34. The fraction of sp³-hybridized carbons (Fsp3) is 0.400. The zero-order chi connectivity index (χ0) is 21.2. The number of anilines is 2. The fourth-order valence-electron chi connectivity index (χ4n) is 3.33. The number of amides is 2. The number of rotatable bonds is 5. The molecule has 0 saturated carbocycles. The summed E-state index contributed by atoms with van der Waals surface area (Å²) >= 11 is 1.24. The average Bonchev–Trinajstić information content (AvgIpc) is 3.11. The van der Waals surface area contributed by atoms with Crippen molar-refractivity contribution in [2.45, 2.75) is 37.8 Å². The minimum Gasteiger partial charge on any atom is -0.326 e. The quantitative estimate of drug-likeness (QED) is 0.753. The van der Waals surface area contributed by atoms with Gasteiger partial charge in [-0.3, -0.25) is 9.59 Å². The van der Waals surface area contributed by atoms with Crippen molar-refractivity contribution in [2.24, 2.45) is 5.92 Å². The highest BCUT2D eigenvalue weighted by atomic mass is 32.2. The molecule has 2 amide bonds. The lowest BCUT2D eigenvalue weighted by Gasteiger charge is -2.31. The number of carbonyl (C=O) groups excluding carboxylic acids is 2. The van der Waals surface area contributed by atoms with Crippen LogP contribution in [0, 0.1) is 19.8 Å². The molecular weight excluding hydrogens is 410 g/mol. The fourth-order valence-corrected chi connectivity index (χ4v) is 6.29. The monoisotopic (exact) mass is 435 g/mol. The second kappa shape index (κ2) is 8.64. The molecule has 1 aromatic carbocycles. The van der Waals surface area contributed by atoms with Gasteiger partial charge in [-0.05, 0) is 56.5 Å². The van der Waals surface area contributed by atoms with Crippen molar-refractivity contribution in [1.82, 2.24) is 4.31 Å². The van der Waals surface area contributed by atoms with Gasteiger partial charge < -0.3 is 10.6 Å². The van der Waals surface area contributed by atoms with Crippen molar-refractivity contribution in [3.05, 3.63) is 40.8 Å². The van der Waals surface area contributed by atoms with Gasteiger partial charge in [-0.2, -0.15) is 4.31 Å². The Hall–Kier alpha value is -2.23. The first-order valence-electron chi connectivity index (χ1n) is 9.42. The summed E-state index contributed by atoms with van der Waals surface area (Å²) in [6.07, 6.45) is 1.26.